The number of fused-ring (bicyclic) bond motifs is 1. The lowest BCUT2D eigenvalue weighted by Crippen LogP contribution is -2.41. The van der Waals surface area contributed by atoms with Crippen molar-refractivity contribution in [2.75, 3.05) is 27.3 Å². The zero-order valence-corrected chi connectivity index (χ0v) is 18.6. The lowest BCUT2D eigenvalue weighted by Gasteiger charge is -2.38. The molecule has 0 spiro atoms. The van der Waals surface area contributed by atoms with E-state index in [-0.39, 0.29) is 23.6 Å². The Kier molecular flexibility index (Phi) is 6.89. The largest absolute Gasteiger partial charge is 0.493 e. The van der Waals surface area contributed by atoms with Crippen molar-refractivity contribution in [1.82, 2.24) is 10.2 Å². The fourth-order valence-electron chi connectivity index (χ4n) is 4.23. The van der Waals surface area contributed by atoms with Crippen molar-refractivity contribution in [2.45, 2.75) is 19.0 Å². The highest BCUT2D eigenvalue weighted by Crippen LogP contribution is 2.38. The van der Waals surface area contributed by atoms with E-state index < -0.39 is 0 Å². The van der Waals surface area contributed by atoms with E-state index in [2.05, 4.69) is 10.2 Å². The third-order valence-electron chi connectivity index (χ3n) is 5.97. The second-order valence-electron chi connectivity index (χ2n) is 7.99. The lowest BCUT2D eigenvalue weighted by molar-refractivity contribution is 0.0925. The molecule has 33 heavy (non-hydrogen) atoms. The molecule has 0 unspecified atom stereocenters. The quantitative estimate of drug-likeness (QED) is 0.573. The van der Waals surface area contributed by atoms with E-state index >= 15 is 0 Å². The van der Waals surface area contributed by atoms with Crippen LogP contribution in [0.2, 0.25) is 0 Å². The van der Waals surface area contributed by atoms with Gasteiger partial charge in [-0.1, -0.05) is 12.1 Å². The highest BCUT2D eigenvalue weighted by Gasteiger charge is 2.29. The molecule has 3 aromatic carbocycles. The molecular weight excluding hydrogens is 426 g/mol. The Hall–Kier alpha value is -3.45. The Morgan fingerprint density at radius 1 is 0.970 bits per heavy atom. The number of methoxy groups -OCH3 is 2. The zero-order valence-electron chi connectivity index (χ0n) is 18.6. The van der Waals surface area contributed by atoms with Gasteiger partial charge in [0.2, 0.25) is 0 Å². The molecule has 7 heteroatoms. The summed E-state index contributed by atoms with van der Waals surface area (Å²) in [6, 6.07) is 15.7. The number of rotatable bonds is 7. The van der Waals surface area contributed by atoms with E-state index in [1.54, 1.807) is 26.4 Å². The first-order chi connectivity index (χ1) is 16.0. The molecule has 5 nitrogen and oxygen atoms in total. The number of benzene rings is 3. The Balaban J connectivity index is 1.62. The molecule has 4 rings (SSSR count). The molecule has 0 saturated heterocycles. The summed E-state index contributed by atoms with van der Waals surface area (Å²) in [5, 5.41) is 2.98. The fraction of sp³-hybridized carbons (Fsp3) is 0.269. The maximum absolute atomic E-state index is 13.4. The molecule has 1 atom stereocenters. The van der Waals surface area contributed by atoms with Crippen LogP contribution in [0.4, 0.5) is 8.78 Å². The molecule has 1 amide bonds. The summed E-state index contributed by atoms with van der Waals surface area (Å²) in [4.78, 5) is 15.0. The van der Waals surface area contributed by atoms with E-state index in [9.17, 15) is 13.6 Å². The topological polar surface area (TPSA) is 50.8 Å². The SMILES string of the molecule is COc1cc2c(cc1OC)[C@H](CNC(=O)c1ccc(F)cc1)N(Cc1ccc(F)cc1)CC2. The van der Waals surface area contributed by atoms with Gasteiger partial charge in [0.05, 0.1) is 20.3 Å². The summed E-state index contributed by atoms with van der Waals surface area (Å²) in [7, 11) is 3.20. The maximum atomic E-state index is 13.4. The van der Waals surface area contributed by atoms with Crippen LogP contribution in [0.1, 0.15) is 33.1 Å². The molecule has 1 aliphatic rings. The number of hydrogen-bond acceptors (Lipinski definition) is 4. The first-order valence-corrected chi connectivity index (χ1v) is 10.8. The molecule has 1 aliphatic heterocycles. The van der Waals surface area contributed by atoms with E-state index in [0.29, 0.717) is 30.2 Å². The van der Waals surface area contributed by atoms with Gasteiger partial charge in [-0.25, -0.2) is 8.78 Å². The van der Waals surface area contributed by atoms with Crippen LogP contribution < -0.4 is 14.8 Å². The number of nitrogens with one attached hydrogen (secondary N) is 1. The third kappa shape index (κ3) is 5.14. The monoisotopic (exact) mass is 452 g/mol. The van der Waals surface area contributed by atoms with Crippen molar-refractivity contribution in [1.29, 1.82) is 0 Å². The van der Waals surface area contributed by atoms with Gasteiger partial charge in [-0.2, -0.15) is 0 Å². The maximum Gasteiger partial charge on any atom is 0.251 e. The number of carbonyl (C=O) groups is 1. The number of hydrogen-bond donors (Lipinski definition) is 1. The second kappa shape index (κ2) is 10.0. The highest BCUT2D eigenvalue weighted by atomic mass is 19.1. The van der Waals surface area contributed by atoms with Crippen LogP contribution in [0, 0.1) is 11.6 Å². The minimum Gasteiger partial charge on any atom is -0.493 e. The average molecular weight is 453 g/mol. The van der Waals surface area contributed by atoms with Crippen LogP contribution in [0.3, 0.4) is 0 Å². The molecule has 0 radical (unpaired) electrons. The Morgan fingerprint density at radius 2 is 1.58 bits per heavy atom. The van der Waals surface area contributed by atoms with E-state index in [4.69, 9.17) is 9.47 Å². The van der Waals surface area contributed by atoms with Gasteiger partial charge in [0.15, 0.2) is 11.5 Å². The third-order valence-corrected chi connectivity index (χ3v) is 5.97. The summed E-state index contributed by atoms with van der Waals surface area (Å²) in [5.74, 6) is 0.346. The molecule has 1 heterocycles. The van der Waals surface area contributed by atoms with Gasteiger partial charge >= 0.3 is 0 Å². The van der Waals surface area contributed by atoms with Crippen molar-refractivity contribution in [3.8, 4) is 11.5 Å². The first kappa shape index (κ1) is 22.7. The Bertz CT molecular complexity index is 1120. The van der Waals surface area contributed by atoms with Crippen LogP contribution in [-0.2, 0) is 13.0 Å². The Morgan fingerprint density at radius 3 is 2.21 bits per heavy atom. The van der Waals surface area contributed by atoms with Gasteiger partial charge in [0, 0.05) is 25.2 Å². The molecule has 172 valence electrons. The van der Waals surface area contributed by atoms with Crippen molar-refractivity contribution in [3.63, 3.8) is 0 Å². The number of nitrogens with zero attached hydrogens (tertiary/aromatic N) is 1. The van der Waals surface area contributed by atoms with Gasteiger partial charge in [-0.05, 0) is 71.6 Å². The molecule has 0 fully saturated rings. The summed E-state index contributed by atoms with van der Waals surface area (Å²) < 4.78 is 37.6. The van der Waals surface area contributed by atoms with Crippen molar-refractivity contribution < 1.29 is 23.0 Å². The van der Waals surface area contributed by atoms with Crippen molar-refractivity contribution in [3.05, 3.63) is 94.6 Å². The van der Waals surface area contributed by atoms with E-state index in [0.717, 1.165) is 29.7 Å². The van der Waals surface area contributed by atoms with Crippen molar-refractivity contribution >= 4 is 5.91 Å². The molecule has 0 bridgehead atoms. The second-order valence-corrected chi connectivity index (χ2v) is 7.99. The van der Waals surface area contributed by atoms with Gasteiger partial charge in [-0.15, -0.1) is 0 Å². The lowest BCUT2D eigenvalue weighted by atomic mass is 9.91. The zero-order chi connectivity index (χ0) is 23.4. The molecule has 1 N–H and O–H groups in total. The van der Waals surface area contributed by atoms with Gasteiger partial charge in [0.25, 0.3) is 5.91 Å². The summed E-state index contributed by atoms with van der Waals surface area (Å²) in [6.45, 7) is 1.71. The number of ether oxygens (including phenoxy) is 2. The standard InChI is InChI=1S/C26H26F2N2O3/c1-32-24-13-19-11-12-30(16-17-3-7-20(27)8-4-17)23(22(19)14-25(24)33-2)15-29-26(31)18-5-9-21(28)10-6-18/h3-10,13-14,23H,11-12,15-16H2,1-2H3,(H,29,31)/t23-/m0/s1. The predicted octanol–water partition coefficient (Wildman–Crippen LogP) is 4.51. The van der Waals surface area contributed by atoms with Gasteiger partial charge in [-0.3, -0.25) is 9.69 Å². The minimum atomic E-state index is -0.390. The van der Waals surface area contributed by atoms with Crippen molar-refractivity contribution in [2.24, 2.45) is 0 Å². The number of amides is 1. The molecule has 0 aromatic heterocycles. The summed E-state index contributed by atoms with van der Waals surface area (Å²) >= 11 is 0. The molecule has 0 aliphatic carbocycles. The number of halogens is 2. The minimum absolute atomic E-state index is 0.136. The van der Waals surface area contributed by atoms with Crippen LogP contribution in [0.15, 0.2) is 60.7 Å². The van der Waals surface area contributed by atoms with Crippen LogP contribution in [0.25, 0.3) is 0 Å². The molecular formula is C26H26F2N2O3. The first-order valence-electron chi connectivity index (χ1n) is 10.8. The average Bonchev–Trinajstić information content (AvgIpc) is 2.84. The van der Waals surface area contributed by atoms with Gasteiger partial charge < -0.3 is 14.8 Å². The van der Waals surface area contributed by atoms with Crippen LogP contribution in [0.5, 0.6) is 11.5 Å². The smallest absolute Gasteiger partial charge is 0.251 e. The fourth-order valence-corrected chi connectivity index (χ4v) is 4.23. The normalized spacial score (nSPS) is 15.6. The van der Waals surface area contributed by atoms with Gasteiger partial charge in [0.1, 0.15) is 11.6 Å². The molecule has 3 aromatic rings. The van der Waals surface area contributed by atoms with Crippen LogP contribution >= 0.6 is 0 Å². The summed E-state index contributed by atoms with van der Waals surface area (Å²) in [6.07, 6.45) is 0.805. The highest BCUT2D eigenvalue weighted by molar-refractivity contribution is 5.94. The van der Waals surface area contributed by atoms with E-state index in [1.807, 2.05) is 12.1 Å². The summed E-state index contributed by atoms with van der Waals surface area (Å²) in [5.41, 5.74) is 3.55. The van der Waals surface area contributed by atoms with E-state index in [1.165, 1.54) is 36.4 Å². The number of carbonyl (C=O) groups excluding carboxylic acids is 1. The Labute approximate surface area is 191 Å². The van der Waals surface area contributed by atoms with Crippen LogP contribution in [-0.4, -0.2) is 38.1 Å². The molecule has 0 saturated carbocycles. The predicted molar refractivity (Wildman–Crippen MR) is 122 cm³/mol.